The molecule has 0 aliphatic rings. The number of hydrogen-bond donors (Lipinski definition) is 0. The van der Waals surface area contributed by atoms with Gasteiger partial charge in [0.2, 0.25) is 5.88 Å². The maximum atomic E-state index is 12.1. The summed E-state index contributed by atoms with van der Waals surface area (Å²) in [6.07, 6.45) is 1.42. The van der Waals surface area contributed by atoms with E-state index in [9.17, 15) is 8.78 Å². The molecule has 0 aliphatic heterocycles. The Kier molecular flexibility index (Phi) is 3.42. The number of rotatable bonds is 4. The highest BCUT2D eigenvalue weighted by atomic mass is 19.3. The molecule has 1 unspecified atom stereocenters. The molecule has 2 aromatic heterocycles. The average molecular weight is 257 g/mol. The first-order valence-corrected chi connectivity index (χ1v) is 5.35. The Morgan fingerprint density at radius 2 is 2.11 bits per heavy atom. The molecule has 0 fully saturated rings. The number of aromatic nitrogens is 3. The molecule has 0 saturated carbocycles. The fourth-order valence-corrected chi connectivity index (χ4v) is 1.77. The van der Waals surface area contributed by atoms with Crippen LogP contribution in [0.2, 0.25) is 0 Å². The van der Waals surface area contributed by atoms with Crippen molar-refractivity contribution in [2.24, 2.45) is 0 Å². The van der Waals surface area contributed by atoms with Crippen LogP contribution in [0.4, 0.5) is 8.78 Å². The molecule has 98 valence electrons. The zero-order valence-corrected chi connectivity index (χ0v) is 10.2. The topological polar surface area (TPSA) is 48.7 Å². The van der Waals surface area contributed by atoms with Gasteiger partial charge in [0.05, 0.1) is 11.8 Å². The van der Waals surface area contributed by atoms with Crippen LogP contribution in [0, 0.1) is 6.92 Å². The van der Waals surface area contributed by atoms with Crippen molar-refractivity contribution in [1.29, 1.82) is 0 Å². The summed E-state index contributed by atoms with van der Waals surface area (Å²) in [4.78, 5) is 4.11. The summed E-state index contributed by atoms with van der Waals surface area (Å²) in [6.45, 7) is 0.795. The first kappa shape index (κ1) is 12.7. The molecule has 0 saturated heterocycles. The lowest BCUT2D eigenvalue weighted by atomic mass is 10.2. The summed E-state index contributed by atoms with van der Waals surface area (Å²) >= 11 is 0. The number of halogens is 2. The number of hydrogen-bond acceptors (Lipinski definition) is 4. The highest BCUT2D eigenvalue weighted by molar-refractivity contribution is 5.44. The van der Waals surface area contributed by atoms with Gasteiger partial charge in [0.1, 0.15) is 0 Å². The SMILES string of the molecule is COC(C)c1c(C)cnc2cc(OC(F)F)nn12. The van der Waals surface area contributed by atoms with E-state index < -0.39 is 6.61 Å². The maximum absolute atomic E-state index is 12.1. The normalized spacial score (nSPS) is 13.2. The highest BCUT2D eigenvalue weighted by Gasteiger charge is 2.16. The Bertz CT molecular complexity index is 556. The lowest BCUT2D eigenvalue weighted by Gasteiger charge is -2.13. The first-order valence-electron chi connectivity index (χ1n) is 5.35. The van der Waals surface area contributed by atoms with Crippen molar-refractivity contribution in [2.45, 2.75) is 26.6 Å². The molecule has 2 rings (SSSR count). The van der Waals surface area contributed by atoms with Crippen LogP contribution in [0.3, 0.4) is 0 Å². The number of methoxy groups -OCH3 is 1. The molecule has 0 N–H and O–H groups in total. The minimum absolute atomic E-state index is 0.160. The van der Waals surface area contributed by atoms with Crippen LogP contribution in [-0.4, -0.2) is 28.3 Å². The summed E-state index contributed by atoms with van der Waals surface area (Å²) in [5.41, 5.74) is 2.06. The van der Waals surface area contributed by atoms with E-state index in [1.54, 1.807) is 13.3 Å². The molecule has 1 atom stereocenters. The first-order chi connectivity index (χ1) is 8.52. The molecule has 0 aromatic carbocycles. The van der Waals surface area contributed by atoms with Crippen molar-refractivity contribution in [3.8, 4) is 5.88 Å². The van der Waals surface area contributed by atoms with Gasteiger partial charge in [-0.25, -0.2) is 9.50 Å². The van der Waals surface area contributed by atoms with E-state index in [1.807, 2.05) is 13.8 Å². The van der Waals surface area contributed by atoms with Gasteiger partial charge < -0.3 is 9.47 Å². The summed E-state index contributed by atoms with van der Waals surface area (Å²) < 4.78 is 35.2. The van der Waals surface area contributed by atoms with Gasteiger partial charge in [0.15, 0.2) is 5.65 Å². The third-order valence-corrected chi connectivity index (χ3v) is 2.64. The maximum Gasteiger partial charge on any atom is 0.388 e. The van der Waals surface area contributed by atoms with Gasteiger partial charge in [-0.1, -0.05) is 0 Å². The second-order valence-electron chi connectivity index (χ2n) is 3.84. The van der Waals surface area contributed by atoms with Crippen LogP contribution in [-0.2, 0) is 4.74 Å². The van der Waals surface area contributed by atoms with E-state index in [1.165, 1.54) is 10.6 Å². The van der Waals surface area contributed by atoms with E-state index >= 15 is 0 Å². The summed E-state index contributed by atoms with van der Waals surface area (Å²) in [5, 5.41) is 3.95. The van der Waals surface area contributed by atoms with Crippen LogP contribution < -0.4 is 4.74 Å². The molecule has 0 bridgehead atoms. The summed E-state index contributed by atoms with van der Waals surface area (Å²) in [7, 11) is 1.57. The van der Waals surface area contributed by atoms with E-state index in [0.717, 1.165) is 11.3 Å². The van der Waals surface area contributed by atoms with E-state index in [0.29, 0.717) is 5.65 Å². The van der Waals surface area contributed by atoms with Gasteiger partial charge in [0.25, 0.3) is 0 Å². The van der Waals surface area contributed by atoms with E-state index in [2.05, 4.69) is 14.8 Å². The lowest BCUT2D eigenvalue weighted by Crippen LogP contribution is -2.09. The quantitative estimate of drug-likeness (QED) is 0.843. The van der Waals surface area contributed by atoms with Crippen LogP contribution in [0.15, 0.2) is 12.3 Å². The van der Waals surface area contributed by atoms with Crippen molar-refractivity contribution >= 4 is 5.65 Å². The lowest BCUT2D eigenvalue weighted by molar-refractivity contribution is -0.0530. The average Bonchev–Trinajstić information content (AvgIpc) is 2.69. The minimum atomic E-state index is -2.90. The monoisotopic (exact) mass is 257 g/mol. The molecule has 0 amide bonds. The Hall–Kier alpha value is -1.76. The Morgan fingerprint density at radius 3 is 2.72 bits per heavy atom. The van der Waals surface area contributed by atoms with Crippen LogP contribution >= 0.6 is 0 Å². The fourth-order valence-electron chi connectivity index (χ4n) is 1.77. The molecule has 0 aliphatic carbocycles. The van der Waals surface area contributed by atoms with Crippen LogP contribution in [0.5, 0.6) is 5.88 Å². The largest absolute Gasteiger partial charge is 0.415 e. The number of aryl methyl sites for hydroxylation is 1. The Morgan fingerprint density at radius 1 is 1.39 bits per heavy atom. The van der Waals surface area contributed by atoms with Gasteiger partial charge in [-0.2, -0.15) is 8.78 Å². The van der Waals surface area contributed by atoms with Crippen LogP contribution in [0.1, 0.15) is 24.3 Å². The van der Waals surface area contributed by atoms with Crippen molar-refractivity contribution in [3.05, 3.63) is 23.5 Å². The summed E-state index contributed by atoms with van der Waals surface area (Å²) in [5.74, 6) is -0.160. The standard InChI is InChI=1S/C11H13F2N3O2/c1-6-5-14-8-4-9(18-11(12)13)15-16(8)10(6)7(2)17-3/h4-5,7,11H,1-3H3. The third kappa shape index (κ3) is 2.26. The van der Waals surface area contributed by atoms with E-state index in [4.69, 9.17) is 4.74 Å². The predicted molar refractivity (Wildman–Crippen MR) is 59.8 cm³/mol. The Labute approximate surface area is 102 Å². The number of ether oxygens (including phenoxy) is 2. The highest BCUT2D eigenvalue weighted by Crippen LogP contribution is 2.23. The molecule has 2 aromatic rings. The number of nitrogens with zero attached hydrogens (tertiary/aromatic N) is 3. The zero-order chi connectivity index (χ0) is 13.3. The predicted octanol–water partition coefficient (Wildman–Crippen LogP) is 2.35. The Balaban J connectivity index is 2.54. The van der Waals surface area contributed by atoms with Gasteiger partial charge >= 0.3 is 6.61 Å². The molecule has 7 heteroatoms. The fraction of sp³-hybridized carbons (Fsp3) is 0.455. The van der Waals surface area contributed by atoms with Crippen molar-refractivity contribution < 1.29 is 18.3 Å². The number of alkyl halides is 2. The van der Waals surface area contributed by atoms with Crippen LogP contribution in [0.25, 0.3) is 5.65 Å². The molecule has 18 heavy (non-hydrogen) atoms. The third-order valence-electron chi connectivity index (χ3n) is 2.64. The minimum Gasteiger partial charge on any atom is -0.415 e. The second kappa shape index (κ2) is 4.85. The van der Waals surface area contributed by atoms with Crippen molar-refractivity contribution in [2.75, 3.05) is 7.11 Å². The van der Waals surface area contributed by atoms with Crippen molar-refractivity contribution in [3.63, 3.8) is 0 Å². The molecule has 0 radical (unpaired) electrons. The molecule has 5 nitrogen and oxygen atoms in total. The molecular formula is C11H13F2N3O2. The second-order valence-corrected chi connectivity index (χ2v) is 3.84. The number of fused-ring (bicyclic) bond motifs is 1. The molecule has 2 heterocycles. The van der Waals surface area contributed by atoms with E-state index in [-0.39, 0.29) is 12.0 Å². The van der Waals surface area contributed by atoms with Gasteiger partial charge in [0, 0.05) is 19.4 Å². The van der Waals surface area contributed by atoms with Gasteiger partial charge in [-0.05, 0) is 19.4 Å². The van der Waals surface area contributed by atoms with Crippen molar-refractivity contribution in [1.82, 2.24) is 14.6 Å². The molecule has 0 spiro atoms. The van der Waals surface area contributed by atoms with Gasteiger partial charge in [-0.3, -0.25) is 0 Å². The smallest absolute Gasteiger partial charge is 0.388 e. The van der Waals surface area contributed by atoms with Gasteiger partial charge in [-0.15, -0.1) is 5.10 Å². The summed E-state index contributed by atoms with van der Waals surface area (Å²) in [6, 6.07) is 1.36. The zero-order valence-electron chi connectivity index (χ0n) is 10.2. The molecular weight excluding hydrogens is 244 g/mol.